The Bertz CT molecular complexity index is 335. The lowest BCUT2D eigenvalue weighted by Gasteiger charge is -2.38. The average Bonchev–Trinajstić information content (AvgIpc) is 2.77. The van der Waals surface area contributed by atoms with Gasteiger partial charge in [-0.15, -0.1) is 0 Å². The molecule has 3 heterocycles. The first-order valence-corrected chi connectivity index (χ1v) is 11.3. The van der Waals surface area contributed by atoms with Crippen LogP contribution in [-0.2, 0) is 4.79 Å². The Balaban J connectivity index is 0.000000449. The Morgan fingerprint density at radius 1 is 0.964 bits per heavy atom. The number of rotatable bonds is 3. The molecule has 0 spiro atoms. The molecule has 0 atom stereocenters. The minimum absolute atomic E-state index is 0.341. The van der Waals surface area contributed by atoms with Crippen molar-refractivity contribution in [3.05, 3.63) is 0 Å². The van der Waals surface area contributed by atoms with Crippen molar-refractivity contribution in [2.24, 2.45) is 5.92 Å². The summed E-state index contributed by atoms with van der Waals surface area (Å²) in [6.07, 6.45) is 9.73. The fourth-order valence-corrected chi connectivity index (χ4v) is 3.89. The van der Waals surface area contributed by atoms with Gasteiger partial charge in [0.1, 0.15) is 6.29 Å². The van der Waals surface area contributed by atoms with Gasteiger partial charge in [0.05, 0.1) is 0 Å². The molecule has 0 aliphatic carbocycles. The zero-order chi connectivity index (χ0) is 21.2. The van der Waals surface area contributed by atoms with Crippen LogP contribution in [0, 0.1) is 5.92 Å². The summed E-state index contributed by atoms with van der Waals surface area (Å²) in [5, 5.41) is 13.7. The van der Waals surface area contributed by atoms with Gasteiger partial charge in [-0.25, -0.2) is 0 Å². The van der Waals surface area contributed by atoms with Crippen LogP contribution < -0.4 is 10.6 Å². The number of nitrogens with one attached hydrogen (secondary N) is 2. The molecule has 3 N–H and O–H groups in total. The van der Waals surface area contributed by atoms with Crippen LogP contribution in [0.25, 0.3) is 0 Å². The third-order valence-electron chi connectivity index (χ3n) is 5.72. The van der Waals surface area contributed by atoms with E-state index < -0.39 is 0 Å². The van der Waals surface area contributed by atoms with Crippen molar-refractivity contribution in [1.82, 2.24) is 20.4 Å². The van der Waals surface area contributed by atoms with E-state index in [1.54, 1.807) is 0 Å². The number of hydrogen-bond acceptors (Lipinski definition) is 6. The van der Waals surface area contributed by atoms with Gasteiger partial charge in [0.15, 0.2) is 0 Å². The number of carbonyl (C=O) groups excluding carboxylic acids is 1. The Labute approximate surface area is 174 Å². The molecule has 3 fully saturated rings. The summed E-state index contributed by atoms with van der Waals surface area (Å²) in [5.74, 6) is 0.341. The van der Waals surface area contributed by atoms with Crippen LogP contribution >= 0.6 is 0 Å². The average molecular weight is 401 g/mol. The molecule has 0 aromatic rings. The van der Waals surface area contributed by atoms with Crippen molar-refractivity contribution in [2.45, 2.75) is 70.9 Å². The second-order valence-electron chi connectivity index (χ2n) is 8.06. The largest absolute Gasteiger partial charge is 0.400 e. The fraction of sp³-hybridized carbons (Fsp3) is 0.955. The zero-order valence-corrected chi connectivity index (χ0v) is 19.3. The highest BCUT2D eigenvalue weighted by atomic mass is 16.2. The standard InChI is InChI=1S/C11H20N2O.C7H16N2.C3H8.CH4O/c14-9-10-3-7-13(8-4-10)11-1-5-12-6-2-11;1-8-7-3-5-9(2)6-4-7;1-3-2;1-2/h9-12H,1-8H2;7-8H,3-6H2,1-2H3;3H2,1-2H3;2H,1H3. The maximum absolute atomic E-state index is 10.6. The van der Waals surface area contributed by atoms with Crippen molar-refractivity contribution < 1.29 is 9.90 Å². The molecule has 6 heteroatoms. The van der Waals surface area contributed by atoms with Gasteiger partial charge in [0.2, 0.25) is 0 Å². The van der Waals surface area contributed by atoms with Crippen LogP contribution in [0.15, 0.2) is 0 Å². The van der Waals surface area contributed by atoms with Crippen molar-refractivity contribution in [2.75, 3.05) is 60.5 Å². The van der Waals surface area contributed by atoms with Crippen molar-refractivity contribution in [1.29, 1.82) is 0 Å². The Morgan fingerprint density at radius 3 is 1.89 bits per heavy atom. The maximum atomic E-state index is 10.6. The van der Waals surface area contributed by atoms with Gasteiger partial charge in [0.25, 0.3) is 0 Å². The third kappa shape index (κ3) is 12.1. The van der Waals surface area contributed by atoms with E-state index in [0.29, 0.717) is 5.92 Å². The highest BCUT2D eigenvalue weighted by molar-refractivity contribution is 5.53. The summed E-state index contributed by atoms with van der Waals surface area (Å²) in [5.41, 5.74) is 0. The van der Waals surface area contributed by atoms with Crippen molar-refractivity contribution in [3.63, 3.8) is 0 Å². The summed E-state index contributed by atoms with van der Waals surface area (Å²) < 4.78 is 0. The van der Waals surface area contributed by atoms with Crippen LogP contribution in [0.1, 0.15) is 58.8 Å². The molecule has 3 rings (SSSR count). The van der Waals surface area contributed by atoms with Gasteiger partial charge in [-0.3, -0.25) is 0 Å². The summed E-state index contributed by atoms with van der Waals surface area (Å²) in [7, 11) is 5.24. The van der Waals surface area contributed by atoms with Gasteiger partial charge in [-0.05, 0) is 91.9 Å². The third-order valence-corrected chi connectivity index (χ3v) is 5.72. The van der Waals surface area contributed by atoms with Crippen molar-refractivity contribution >= 4 is 6.29 Å². The Kier molecular flexibility index (Phi) is 18.1. The molecule has 3 aliphatic rings. The zero-order valence-electron chi connectivity index (χ0n) is 19.3. The number of aldehydes is 1. The molecule has 0 amide bonds. The van der Waals surface area contributed by atoms with E-state index in [9.17, 15) is 4.79 Å². The smallest absolute Gasteiger partial charge is 0.123 e. The van der Waals surface area contributed by atoms with Crippen LogP contribution in [0.2, 0.25) is 0 Å². The van der Waals surface area contributed by atoms with Gasteiger partial charge in [-0.2, -0.15) is 0 Å². The first-order chi connectivity index (χ1) is 13.6. The van der Waals surface area contributed by atoms with Gasteiger partial charge in [0, 0.05) is 25.1 Å². The number of carbonyl (C=O) groups is 1. The van der Waals surface area contributed by atoms with E-state index in [1.807, 2.05) is 0 Å². The SMILES string of the molecule is CCC.CNC1CCN(C)CC1.CO.O=CC1CCN(C2CCNCC2)CC1. The molecule has 0 radical (unpaired) electrons. The second-order valence-corrected chi connectivity index (χ2v) is 8.06. The van der Waals surface area contributed by atoms with Crippen LogP contribution in [0.3, 0.4) is 0 Å². The van der Waals surface area contributed by atoms with Gasteiger partial charge in [-0.1, -0.05) is 20.3 Å². The van der Waals surface area contributed by atoms with E-state index in [0.717, 1.165) is 64.5 Å². The molecule has 0 aromatic carbocycles. The number of hydrogen-bond donors (Lipinski definition) is 3. The maximum Gasteiger partial charge on any atom is 0.123 e. The summed E-state index contributed by atoms with van der Waals surface area (Å²) in [6, 6.07) is 1.56. The molecule has 168 valence electrons. The lowest BCUT2D eigenvalue weighted by atomic mass is 9.95. The normalized spacial score (nSPS) is 22.6. The lowest BCUT2D eigenvalue weighted by Crippen LogP contribution is -2.46. The molecule has 0 bridgehead atoms. The fourth-order valence-electron chi connectivity index (χ4n) is 3.89. The molecule has 0 aromatic heterocycles. The quantitative estimate of drug-likeness (QED) is 0.630. The molecular formula is C22H48N4O2. The van der Waals surface area contributed by atoms with Crippen LogP contribution in [0.4, 0.5) is 0 Å². The number of nitrogens with zero attached hydrogens (tertiary/aromatic N) is 2. The number of aliphatic hydroxyl groups is 1. The number of aliphatic hydroxyl groups excluding tert-OH is 1. The van der Waals surface area contributed by atoms with Crippen molar-refractivity contribution in [3.8, 4) is 0 Å². The Hall–Kier alpha value is -0.530. The molecule has 0 saturated carbocycles. The van der Waals surface area contributed by atoms with E-state index in [4.69, 9.17) is 5.11 Å². The van der Waals surface area contributed by atoms with E-state index in [1.165, 1.54) is 45.2 Å². The first-order valence-electron chi connectivity index (χ1n) is 11.3. The lowest BCUT2D eigenvalue weighted by molar-refractivity contribution is -0.112. The second kappa shape index (κ2) is 18.5. The van der Waals surface area contributed by atoms with Crippen LogP contribution in [0.5, 0.6) is 0 Å². The van der Waals surface area contributed by atoms with Gasteiger partial charge < -0.3 is 30.3 Å². The predicted octanol–water partition coefficient (Wildman–Crippen LogP) is 1.97. The van der Waals surface area contributed by atoms with E-state index in [2.05, 4.69) is 48.4 Å². The van der Waals surface area contributed by atoms with Gasteiger partial charge >= 0.3 is 0 Å². The highest BCUT2D eigenvalue weighted by Crippen LogP contribution is 2.20. The monoisotopic (exact) mass is 400 g/mol. The molecule has 3 saturated heterocycles. The summed E-state index contributed by atoms with van der Waals surface area (Å²) in [6.45, 7) is 11.4. The highest BCUT2D eigenvalue weighted by Gasteiger charge is 2.25. The van der Waals surface area contributed by atoms with E-state index in [-0.39, 0.29) is 0 Å². The minimum Gasteiger partial charge on any atom is -0.400 e. The number of piperidine rings is 3. The first kappa shape index (κ1) is 27.5. The molecule has 28 heavy (non-hydrogen) atoms. The summed E-state index contributed by atoms with van der Waals surface area (Å²) >= 11 is 0. The topological polar surface area (TPSA) is 67.8 Å². The summed E-state index contributed by atoms with van der Waals surface area (Å²) in [4.78, 5) is 15.6. The molecule has 3 aliphatic heterocycles. The van der Waals surface area contributed by atoms with E-state index >= 15 is 0 Å². The number of likely N-dealkylation sites (tertiary alicyclic amines) is 2. The molecule has 0 unspecified atom stereocenters. The molecular weight excluding hydrogens is 352 g/mol. The van der Waals surface area contributed by atoms with Crippen LogP contribution in [-0.4, -0.2) is 93.7 Å². The Morgan fingerprint density at radius 2 is 1.46 bits per heavy atom. The molecule has 6 nitrogen and oxygen atoms in total. The predicted molar refractivity (Wildman–Crippen MR) is 120 cm³/mol. The minimum atomic E-state index is 0.341.